The lowest BCUT2D eigenvalue weighted by molar-refractivity contribution is 0.0595. The molecular weight excluding hydrogens is 256 g/mol. The van der Waals surface area contributed by atoms with Crippen molar-refractivity contribution in [1.29, 1.82) is 0 Å². The van der Waals surface area contributed by atoms with Gasteiger partial charge < -0.3 is 19.8 Å². The van der Waals surface area contributed by atoms with E-state index >= 15 is 0 Å². The molecule has 0 radical (unpaired) electrons. The van der Waals surface area contributed by atoms with E-state index in [9.17, 15) is 4.79 Å². The summed E-state index contributed by atoms with van der Waals surface area (Å²) in [6, 6.07) is 5.66. The molecule has 0 saturated carbocycles. The summed E-state index contributed by atoms with van der Waals surface area (Å²) in [7, 11) is 2.98. The van der Waals surface area contributed by atoms with Crippen molar-refractivity contribution in [2.24, 2.45) is 0 Å². The van der Waals surface area contributed by atoms with Gasteiger partial charge in [0.25, 0.3) is 0 Å². The second kappa shape index (κ2) is 6.32. The Kier molecular flexibility index (Phi) is 4.50. The molecule has 5 nitrogen and oxygen atoms in total. The number of rotatable bonds is 6. The smallest absolute Gasteiger partial charge is 0.354 e. The summed E-state index contributed by atoms with van der Waals surface area (Å²) in [5, 5.41) is 4.22. The van der Waals surface area contributed by atoms with E-state index in [4.69, 9.17) is 9.47 Å². The van der Waals surface area contributed by atoms with Crippen LogP contribution in [0, 0.1) is 0 Å². The zero-order valence-electron chi connectivity index (χ0n) is 12.1. The number of carbonyl (C=O) groups excluding carboxylic acids is 1. The van der Waals surface area contributed by atoms with Crippen LogP contribution >= 0.6 is 0 Å². The molecule has 2 rings (SSSR count). The van der Waals surface area contributed by atoms with Crippen LogP contribution in [0.5, 0.6) is 5.75 Å². The minimum absolute atomic E-state index is 0.385. The van der Waals surface area contributed by atoms with Crippen LogP contribution in [-0.4, -0.2) is 31.7 Å². The summed E-state index contributed by atoms with van der Waals surface area (Å²) in [5.41, 5.74) is 2.25. The highest BCUT2D eigenvalue weighted by atomic mass is 16.5. The van der Waals surface area contributed by atoms with Crippen molar-refractivity contribution in [2.75, 3.05) is 26.1 Å². The van der Waals surface area contributed by atoms with Gasteiger partial charge in [-0.05, 0) is 18.6 Å². The van der Waals surface area contributed by atoms with Crippen LogP contribution in [0.25, 0.3) is 10.9 Å². The number of methoxy groups -OCH3 is 2. The number of carbonyl (C=O) groups is 1. The van der Waals surface area contributed by atoms with E-state index in [1.54, 1.807) is 13.2 Å². The number of hydrogen-bond donors (Lipinski definition) is 2. The van der Waals surface area contributed by atoms with Crippen LogP contribution in [0.15, 0.2) is 18.2 Å². The molecule has 2 N–H and O–H groups in total. The van der Waals surface area contributed by atoms with Crippen LogP contribution in [0.2, 0.25) is 0 Å². The van der Waals surface area contributed by atoms with E-state index in [0.29, 0.717) is 5.69 Å². The fraction of sp³-hybridized carbons (Fsp3) is 0.400. The quantitative estimate of drug-likeness (QED) is 0.628. The monoisotopic (exact) mass is 276 g/mol. The van der Waals surface area contributed by atoms with Gasteiger partial charge in [0, 0.05) is 23.7 Å². The van der Waals surface area contributed by atoms with Gasteiger partial charge in [-0.2, -0.15) is 0 Å². The van der Waals surface area contributed by atoms with Crippen molar-refractivity contribution in [3.8, 4) is 5.75 Å². The van der Waals surface area contributed by atoms with E-state index in [0.717, 1.165) is 41.7 Å². The first-order valence-electron chi connectivity index (χ1n) is 6.72. The number of H-pyrrole nitrogens is 1. The van der Waals surface area contributed by atoms with Gasteiger partial charge in [0.2, 0.25) is 0 Å². The van der Waals surface area contributed by atoms with Crippen molar-refractivity contribution in [1.82, 2.24) is 4.98 Å². The first kappa shape index (κ1) is 14.2. The zero-order valence-corrected chi connectivity index (χ0v) is 12.1. The van der Waals surface area contributed by atoms with Crippen LogP contribution in [0.3, 0.4) is 0 Å². The number of anilines is 1. The number of hydrogen-bond acceptors (Lipinski definition) is 4. The second-order valence-corrected chi connectivity index (χ2v) is 4.59. The molecule has 1 aromatic heterocycles. The van der Waals surface area contributed by atoms with Gasteiger partial charge >= 0.3 is 5.97 Å². The molecule has 0 amide bonds. The molecule has 0 unspecified atom stereocenters. The van der Waals surface area contributed by atoms with Gasteiger partial charge in [0.15, 0.2) is 0 Å². The highest BCUT2D eigenvalue weighted by Gasteiger charge is 2.13. The maximum atomic E-state index is 11.6. The minimum atomic E-state index is -0.385. The summed E-state index contributed by atoms with van der Waals surface area (Å²) >= 11 is 0. The topological polar surface area (TPSA) is 63.4 Å². The van der Waals surface area contributed by atoms with Crippen molar-refractivity contribution in [2.45, 2.75) is 19.8 Å². The van der Waals surface area contributed by atoms with E-state index < -0.39 is 0 Å². The second-order valence-electron chi connectivity index (χ2n) is 4.59. The largest absolute Gasteiger partial charge is 0.496 e. The van der Waals surface area contributed by atoms with Crippen molar-refractivity contribution in [3.63, 3.8) is 0 Å². The van der Waals surface area contributed by atoms with Gasteiger partial charge in [-0.1, -0.05) is 13.3 Å². The third kappa shape index (κ3) is 2.87. The van der Waals surface area contributed by atoms with Gasteiger partial charge in [-0.25, -0.2) is 4.79 Å². The average molecular weight is 276 g/mol. The molecule has 0 aliphatic heterocycles. The maximum absolute atomic E-state index is 11.6. The Morgan fingerprint density at radius 2 is 2.10 bits per heavy atom. The number of fused-ring (bicyclic) bond motifs is 1. The number of aromatic amines is 1. The Labute approximate surface area is 118 Å². The molecule has 0 aliphatic carbocycles. The van der Waals surface area contributed by atoms with Crippen LogP contribution < -0.4 is 10.1 Å². The van der Waals surface area contributed by atoms with Crippen molar-refractivity contribution in [3.05, 3.63) is 23.9 Å². The summed E-state index contributed by atoms with van der Waals surface area (Å²) in [4.78, 5) is 14.6. The molecule has 0 fully saturated rings. The molecule has 1 heterocycles. The summed E-state index contributed by atoms with van der Waals surface area (Å²) in [5.74, 6) is 0.344. The Bertz CT molecular complexity index is 604. The van der Waals surface area contributed by atoms with Gasteiger partial charge in [0.05, 0.1) is 19.7 Å². The van der Waals surface area contributed by atoms with E-state index in [2.05, 4.69) is 17.2 Å². The number of unbranched alkanes of at least 4 members (excludes halogenated alkanes) is 1. The maximum Gasteiger partial charge on any atom is 0.354 e. The van der Waals surface area contributed by atoms with Gasteiger partial charge in [-0.3, -0.25) is 0 Å². The molecule has 0 aliphatic rings. The third-order valence-electron chi connectivity index (χ3n) is 3.18. The van der Waals surface area contributed by atoms with Crippen molar-refractivity contribution >= 4 is 22.6 Å². The predicted octanol–water partition coefficient (Wildman–Crippen LogP) is 3.18. The van der Waals surface area contributed by atoms with Crippen molar-refractivity contribution < 1.29 is 14.3 Å². The van der Waals surface area contributed by atoms with Gasteiger partial charge in [0.1, 0.15) is 11.4 Å². The highest BCUT2D eigenvalue weighted by molar-refractivity contribution is 5.98. The fourth-order valence-corrected chi connectivity index (χ4v) is 2.10. The lowest BCUT2D eigenvalue weighted by Gasteiger charge is -2.08. The molecule has 0 bridgehead atoms. The van der Waals surface area contributed by atoms with E-state index in [1.807, 2.05) is 12.1 Å². The number of nitrogens with one attached hydrogen (secondary N) is 2. The summed E-state index contributed by atoms with van der Waals surface area (Å²) < 4.78 is 10.1. The Morgan fingerprint density at radius 1 is 1.30 bits per heavy atom. The first-order valence-corrected chi connectivity index (χ1v) is 6.72. The number of ether oxygens (including phenoxy) is 2. The molecule has 0 spiro atoms. The molecule has 20 heavy (non-hydrogen) atoms. The highest BCUT2D eigenvalue weighted by Crippen LogP contribution is 2.30. The summed E-state index contributed by atoms with van der Waals surface area (Å²) in [6.07, 6.45) is 2.25. The SMILES string of the molecule is CCCCNc1cc(OC)c2cc(C(=O)OC)[nH]c2c1. The van der Waals surface area contributed by atoms with Crippen LogP contribution in [0.1, 0.15) is 30.3 Å². The molecular formula is C15H20N2O3. The molecule has 2 aromatic rings. The van der Waals surface area contributed by atoms with E-state index in [-0.39, 0.29) is 5.97 Å². The lowest BCUT2D eigenvalue weighted by atomic mass is 10.2. The molecule has 1 aromatic carbocycles. The third-order valence-corrected chi connectivity index (χ3v) is 3.18. The molecule has 0 saturated heterocycles. The minimum Gasteiger partial charge on any atom is -0.496 e. The summed E-state index contributed by atoms with van der Waals surface area (Å²) in [6.45, 7) is 3.06. The normalized spacial score (nSPS) is 10.6. The Hall–Kier alpha value is -2.17. The number of benzene rings is 1. The predicted molar refractivity (Wildman–Crippen MR) is 79.6 cm³/mol. The lowest BCUT2D eigenvalue weighted by Crippen LogP contribution is -2.01. The number of esters is 1. The van der Waals surface area contributed by atoms with Crippen LogP contribution in [-0.2, 0) is 4.74 Å². The molecule has 0 atom stereocenters. The zero-order chi connectivity index (χ0) is 14.5. The van der Waals surface area contributed by atoms with Gasteiger partial charge in [-0.15, -0.1) is 0 Å². The Morgan fingerprint density at radius 3 is 2.75 bits per heavy atom. The number of aromatic nitrogens is 1. The standard InChI is InChI=1S/C15H20N2O3/c1-4-5-6-16-10-7-12-11(14(8-10)19-2)9-13(17-12)15(18)20-3/h7-9,16-17H,4-6H2,1-3H3. The molecule has 5 heteroatoms. The first-order chi connectivity index (χ1) is 9.69. The molecule has 108 valence electrons. The average Bonchev–Trinajstić information content (AvgIpc) is 2.89. The Balaban J connectivity index is 2.36. The van der Waals surface area contributed by atoms with E-state index in [1.165, 1.54) is 7.11 Å². The fourth-order valence-electron chi connectivity index (χ4n) is 2.10. The van der Waals surface area contributed by atoms with Crippen LogP contribution in [0.4, 0.5) is 5.69 Å².